The molecular weight excluding hydrogens is 310 g/mol. The van der Waals surface area contributed by atoms with Gasteiger partial charge in [0.1, 0.15) is 0 Å². The first-order chi connectivity index (χ1) is 5.18. The van der Waals surface area contributed by atoms with Crippen molar-refractivity contribution in [3.63, 3.8) is 0 Å². The molecule has 1 aliphatic heterocycles. The number of nitrogens with zero attached hydrogens (tertiary/aromatic N) is 1. The summed E-state index contributed by atoms with van der Waals surface area (Å²) < 4.78 is 1.54. The van der Waals surface area contributed by atoms with Crippen LogP contribution in [0.4, 0.5) is 0 Å². The van der Waals surface area contributed by atoms with Gasteiger partial charge in [-0.1, -0.05) is 0 Å². The first kappa shape index (κ1) is 9.57. The Balaban J connectivity index is 2.22. The second-order valence-electron chi connectivity index (χ2n) is 3.21. The van der Waals surface area contributed by atoms with Crippen LogP contribution in [0.1, 0.15) is 19.8 Å². The van der Waals surface area contributed by atoms with Gasteiger partial charge in [-0.3, -0.25) is 0 Å². The summed E-state index contributed by atoms with van der Waals surface area (Å²) in [4.78, 5) is 2.43. The van der Waals surface area contributed by atoms with Gasteiger partial charge in [0.15, 0.2) is 0 Å². The molecule has 3 heteroatoms. The molecule has 64 valence electrons. The van der Waals surface area contributed by atoms with Crippen molar-refractivity contribution < 1.29 is 24.5 Å². The molecule has 0 aromatic carbocycles. The SMILES string of the molecule is C[C](=[W])CN1CCC(O)CC1. The number of piperidine rings is 1. The van der Waals surface area contributed by atoms with Gasteiger partial charge in [0, 0.05) is 0 Å². The van der Waals surface area contributed by atoms with Crippen LogP contribution in [0.3, 0.4) is 0 Å². The Labute approximate surface area is 79.0 Å². The standard InChI is InChI=1S/C8H15NO.W/c1-2-5-9-6-3-8(10)4-7-9;/h8,10H,3-7H2,1H3;. The molecule has 1 fully saturated rings. The third-order valence-corrected chi connectivity index (χ3v) is 2.47. The third-order valence-electron chi connectivity index (χ3n) is 2.00. The molecule has 1 N–H and O–H groups in total. The van der Waals surface area contributed by atoms with Crippen LogP contribution in [0.2, 0.25) is 0 Å². The van der Waals surface area contributed by atoms with Crippen LogP contribution in [0.5, 0.6) is 0 Å². The van der Waals surface area contributed by atoms with E-state index in [4.69, 9.17) is 0 Å². The van der Waals surface area contributed by atoms with Crippen LogP contribution in [0.15, 0.2) is 0 Å². The Morgan fingerprint density at radius 1 is 1.55 bits per heavy atom. The molecule has 0 aliphatic carbocycles. The van der Waals surface area contributed by atoms with E-state index in [1.165, 1.54) is 0 Å². The molecule has 1 saturated heterocycles. The van der Waals surface area contributed by atoms with Crippen molar-refractivity contribution in [2.75, 3.05) is 19.6 Å². The Hall–Kier alpha value is 0.478. The molecule has 0 atom stereocenters. The van der Waals surface area contributed by atoms with Crippen LogP contribution in [-0.4, -0.2) is 39.6 Å². The summed E-state index contributed by atoms with van der Waals surface area (Å²) in [6.45, 7) is 5.49. The van der Waals surface area contributed by atoms with E-state index in [2.05, 4.69) is 11.8 Å². The second kappa shape index (κ2) is 4.49. The van der Waals surface area contributed by atoms with Crippen LogP contribution in [-0.2, 0) is 19.4 Å². The Morgan fingerprint density at radius 3 is 2.55 bits per heavy atom. The number of likely N-dealkylation sites (tertiary alicyclic amines) is 1. The number of aliphatic hydroxyl groups is 1. The van der Waals surface area contributed by atoms with Gasteiger partial charge >= 0.3 is 78.8 Å². The van der Waals surface area contributed by atoms with E-state index < -0.39 is 0 Å². The molecule has 1 heterocycles. The van der Waals surface area contributed by atoms with E-state index in [9.17, 15) is 5.11 Å². The number of aliphatic hydroxyl groups excluding tert-OH is 1. The minimum atomic E-state index is -0.0317. The van der Waals surface area contributed by atoms with Gasteiger partial charge < -0.3 is 0 Å². The minimum absolute atomic E-state index is 0.0317. The van der Waals surface area contributed by atoms with Crippen LogP contribution in [0.25, 0.3) is 0 Å². The molecule has 0 radical (unpaired) electrons. The Bertz CT molecular complexity index is 141. The number of hydrogen-bond acceptors (Lipinski definition) is 2. The fourth-order valence-electron chi connectivity index (χ4n) is 1.39. The van der Waals surface area contributed by atoms with Crippen molar-refractivity contribution in [1.29, 1.82) is 0 Å². The molecule has 0 amide bonds. The molecule has 0 saturated carbocycles. The normalized spacial score (nSPS) is 22.0. The van der Waals surface area contributed by atoms with Crippen molar-refractivity contribution in [2.45, 2.75) is 25.9 Å². The molecular formula is C8H15NOW. The van der Waals surface area contributed by atoms with Crippen molar-refractivity contribution in [3.8, 4) is 0 Å². The number of rotatable bonds is 2. The molecule has 1 aliphatic rings. The molecule has 0 aromatic rings. The predicted octanol–water partition coefficient (Wildman–Crippen LogP) is 0.182. The maximum atomic E-state index is 9.23. The van der Waals surface area contributed by atoms with E-state index >= 15 is 0 Å². The zero-order valence-electron chi connectivity index (χ0n) is 6.92. The molecule has 0 bridgehead atoms. The van der Waals surface area contributed by atoms with Gasteiger partial charge in [-0.15, -0.1) is 0 Å². The van der Waals surface area contributed by atoms with Gasteiger partial charge in [-0.05, 0) is 0 Å². The summed E-state index contributed by atoms with van der Waals surface area (Å²) in [5, 5.41) is 9.23. The van der Waals surface area contributed by atoms with Gasteiger partial charge in [-0.2, -0.15) is 0 Å². The average molecular weight is 325 g/mol. The van der Waals surface area contributed by atoms with Crippen LogP contribution >= 0.6 is 0 Å². The summed E-state index contributed by atoms with van der Waals surface area (Å²) in [6, 6.07) is 0. The van der Waals surface area contributed by atoms with Crippen LogP contribution < -0.4 is 0 Å². The van der Waals surface area contributed by atoms with E-state index in [1.807, 2.05) is 0 Å². The molecule has 0 aromatic heterocycles. The van der Waals surface area contributed by atoms with E-state index in [0.717, 1.165) is 32.5 Å². The van der Waals surface area contributed by atoms with Crippen molar-refractivity contribution >= 4 is 3.90 Å². The fourth-order valence-corrected chi connectivity index (χ4v) is 2.05. The molecule has 0 spiro atoms. The molecule has 2 nitrogen and oxygen atoms in total. The summed E-state index contributed by atoms with van der Waals surface area (Å²) in [5.41, 5.74) is 0. The quantitative estimate of drug-likeness (QED) is 0.783. The summed E-state index contributed by atoms with van der Waals surface area (Å²) >= 11 is 1.59. The molecule has 0 unspecified atom stereocenters. The van der Waals surface area contributed by atoms with E-state index in [0.29, 0.717) is 0 Å². The van der Waals surface area contributed by atoms with Gasteiger partial charge in [0.05, 0.1) is 0 Å². The van der Waals surface area contributed by atoms with Crippen molar-refractivity contribution in [3.05, 3.63) is 0 Å². The maximum absolute atomic E-state index is 9.23. The first-order valence-electron chi connectivity index (χ1n) is 4.08. The first-order valence-corrected chi connectivity index (χ1v) is 5.55. The van der Waals surface area contributed by atoms with E-state index in [1.54, 1.807) is 23.3 Å². The second-order valence-corrected chi connectivity index (χ2v) is 5.71. The Kier molecular flexibility index (Phi) is 3.91. The van der Waals surface area contributed by atoms with Crippen LogP contribution in [0, 0.1) is 0 Å². The monoisotopic (exact) mass is 325 g/mol. The third kappa shape index (κ3) is 3.59. The van der Waals surface area contributed by atoms with Crippen molar-refractivity contribution in [2.24, 2.45) is 0 Å². The zero-order valence-corrected chi connectivity index (χ0v) is 9.85. The topological polar surface area (TPSA) is 23.5 Å². The van der Waals surface area contributed by atoms with Gasteiger partial charge in [-0.25, -0.2) is 0 Å². The van der Waals surface area contributed by atoms with Gasteiger partial charge in [0.25, 0.3) is 0 Å². The average Bonchev–Trinajstić information content (AvgIpc) is 1.93. The number of hydrogen-bond donors (Lipinski definition) is 1. The predicted molar refractivity (Wildman–Crippen MR) is 42.4 cm³/mol. The summed E-state index contributed by atoms with van der Waals surface area (Å²) in [5.74, 6) is 0. The summed E-state index contributed by atoms with van der Waals surface area (Å²) in [6.07, 6.45) is 1.89. The fraction of sp³-hybridized carbons (Fsp3) is 0.875. The van der Waals surface area contributed by atoms with E-state index in [-0.39, 0.29) is 6.10 Å². The molecule has 11 heavy (non-hydrogen) atoms. The Morgan fingerprint density at radius 2 is 2.09 bits per heavy atom. The van der Waals surface area contributed by atoms with Crippen molar-refractivity contribution in [1.82, 2.24) is 4.90 Å². The molecule has 1 rings (SSSR count). The van der Waals surface area contributed by atoms with Gasteiger partial charge in [0.2, 0.25) is 0 Å². The summed E-state index contributed by atoms with van der Waals surface area (Å²) in [7, 11) is 0. The zero-order chi connectivity index (χ0) is 8.27.